The molecule has 31 heavy (non-hydrogen) atoms. The van der Waals surface area contributed by atoms with Crippen molar-refractivity contribution in [2.75, 3.05) is 25.0 Å². The number of hydrogen-bond acceptors (Lipinski definition) is 3. The molecule has 4 atom stereocenters. The van der Waals surface area contributed by atoms with E-state index in [0.29, 0.717) is 35.7 Å². The summed E-state index contributed by atoms with van der Waals surface area (Å²) in [5.41, 5.74) is 2.51. The second-order valence-electron chi connectivity index (χ2n) is 11.0. The molecule has 1 saturated heterocycles. The lowest BCUT2D eigenvalue weighted by molar-refractivity contribution is -0.134. The largest absolute Gasteiger partial charge is 0.385 e. The van der Waals surface area contributed by atoms with Crippen LogP contribution in [0.3, 0.4) is 0 Å². The number of carbonyl (C=O) groups excluding carboxylic acids is 1. The van der Waals surface area contributed by atoms with Gasteiger partial charge in [-0.05, 0) is 74.5 Å². The molecule has 2 bridgehead atoms. The van der Waals surface area contributed by atoms with Crippen molar-refractivity contribution in [3.05, 3.63) is 29.8 Å². The average molecular weight is 424 g/mol. The molecule has 5 rings (SSSR count). The van der Waals surface area contributed by atoms with E-state index in [9.17, 15) is 4.79 Å². The molecule has 1 amide bonds. The van der Waals surface area contributed by atoms with Gasteiger partial charge in [-0.1, -0.05) is 44.9 Å². The monoisotopic (exact) mass is 423 g/mol. The second kappa shape index (κ2) is 9.13. The molecular weight excluding hydrogens is 382 g/mol. The summed E-state index contributed by atoms with van der Waals surface area (Å²) >= 11 is 0. The van der Waals surface area contributed by atoms with Gasteiger partial charge >= 0.3 is 0 Å². The van der Waals surface area contributed by atoms with Crippen LogP contribution < -0.4 is 5.32 Å². The van der Waals surface area contributed by atoms with E-state index in [2.05, 4.69) is 53.2 Å². The number of hydrogen-bond donors (Lipinski definition) is 1. The van der Waals surface area contributed by atoms with Crippen LogP contribution in [0, 0.1) is 23.7 Å². The summed E-state index contributed by atoms with van der Waals surface area (Å²) in [6, 6.07) is 9.84. The number of amides is 1. The molecule has 2 saturated carbocycles. The maximum Gasteiger partial charge on any atom is 0.226 e. The van der Waals surface area contributed by atoms with E-state index in [-0.39, 0.29) is 0 Å². The fraction of sp³-hybridized carbons (Fsp3) is 0.741. The van der Waals surface area contributed by atoms with Crippen molar-refractivity contribution >= 4 is 11.6 Å². The standard InChI is InChI=1S/C27H41N3O/c1-19(2)14-16-30-21-11-12-22(30)18-29(27(31)26-23-8-4-5-9-24(23)26)17-20-7-3-6-10-25(20)28-15-13-21/h3,6-7,10,19,21-24,26,28H,4-5,8-9,11-18H2,1-2H3/t21-,22+,23?,24?,26?/m1/s1. The van der Waals surface area contributed by atoms with Crippen molar-refractivity contribution in [1.29, 1.82) is 0 Å². The van der Waals surface area contributed by atoms with Crippen molar-refractivity contribution in [2.45, 2.75) is 83.8 Å². The Bertz CT molecular complexity index is 765. The van der Waals surface area contributed by atoms with E-state index in [1.54, 1.807) is 0 Å². The Morgan fingerprint density at radius 1 is 1.03 bits per heavy atom. The topological polar surface area (TPSA) is 35.6 Å². The Labute approximate surface area is 188 Å². The molecule has 1 N–H and O–H groups in total. The highest BCUT2D eigenvalue weighted by atomic mass is 16.2. The van der Waals surface area contributed by atoms with Crippen LogP contribution in [0.2, 0.25) is 0 Å². The molecule has 3 fully saturated rings. The number of nitrogens with zero attached hydrogens (tertiary/aromatic N) is 2. The molecule has 1 aromatic rings. The summed E-state index contributed by atoms with van der Waals surface area (Å²) in [6.07, 6.45) is 10.2. The van der Waals surface area contributed by atoms with Gasteiger partial charge in [-0.2, -0.15) is 0 Å². The normalized spacial score (nSPS) is 33.3. The Kier molecular flexibility index (Phi) is 6.28. The summed E-state index contributed by atoms with van der Waals surface area (Å²) in [6.45, 7) is 8.53. The molecule has 1 aromatic carbocycles. The van der Waals surface area contributed by atoms with Gasteiger partial charge in [0.05, 0.1) is 0 Å². The van der Waals surface area contributed by atoms with Gasteiger partial charge in [-0.3, -0.25) is 9.69 Å². The minimum absolute atomic E-state index is 0.314. The van der Waals surface area contributed by atoms with Crippen molar-refractivity contribution in [1.82, 2.24) is 9.80 Å². The number of rotatable bonds is 4. The highest BCUT2D eigenvalue weighted by molar-refractivity contribution is 5.82. The molecule has 2 aliphatic carbocycles. The fourth-order valence-electron chi connectivity index (χ4n) is 6.76. The van der Waals surface area contributed by atoms with Gasteiger partial charge in [0.25, 0.3) is 0 Å². The van der Waals surface area contributed by atoms with E-state index in [0.717, 1.165) is 25.6 Å². The highest BCUT2D eigenvalue weighted by Crippen LogP contribution is 2.56. The average Bonchev–Trinajstić information content (AvgIpc) is 3.38. The fourth-order valence-corrected chi connectivity index (χ4v) is 6.76. The molecule has 0 radical (unpaired) electrons. The lowest BCUT2D eigenvalue weighted by Crippen LogP contribution is -2.46. The number of fused-ring (bicyclic) bond motifs is 4. The van der Waals surface area contributed by atoms with Gasteiger partial charge in [0.1, 0.15) is 0 Å². The van der Waals surface area contributed by atoms with Gasteiger partial charge in [-0.15, -0.1) is 0 Å². The van der Waals surface area contributed by atoms with Crippen molar-refractivity contribution in [3.8, 4) is 0 Å². The van der Waals surface area contributed by atoms with Crippen LogP contribution in [0.5, 0.6) is 0 Å². The third-order valence-corrected chi connectivity index (χ3v) is 8.59. The van der Waals surface area contributed by atoms with E-state index in [4.69, 9.17) is 0 Å². The van der Waals surface area contributed by atoms with Crippen LogP contribution in [0.25, 0.3) is 0 Å². The summed E-state index contributed by atoms with van der Waals surface area (Å²) in [5, 5.41) is 3.72. The van der Waals surface area contributed by atoms with Gasteiger partial charge in [0.2, 0.25) is 5.91 Å². The molecule has 4 nitrogen and oxygen atoms in total. The first-order valence-corrected chi connectivity index (χ1v) is 13.0. The molecule has 170 valence electrons. The van der Waals surface area contributed by atoms with Crippen LogP contribution in [-0.4, -0.2) is 47.4 Å². The van der Waals surface area contributed by atoms with Gasteiger partial charge in [0.15, 0.2) is 0 Å². The maximum atomic E-state index is 13.8. The third kappa shape index (κ3) is 4.51. The molecule has 0 spiro atoms. The van der Waals surface area contributed by atoms with E-state index >= 15 is 0 Å². The number of carbonyl (C=O) groups is 1. The van der Waals surface area contributed by atoms with Crippen molar-refractivity contribution in [2.24, 2.45) is 23.7 Å². The zero-order chi connectivity index (χ0) is 21.4. The smallest absolute Gasteiger partial charge is 0.226 e. The van der Waals surface area contributed by atoms with Crippen molar-refractivity contribution in [3.63, 3.8) is 0 Å². The minimum atomic E-state index is 0.314. The molecule has 4 aliphatic rings. The Hall–Kier alpha value is -1.55. The summed E-state index contributed by atoms with van der Waals surface area (Å²) in [7, 11) is 0. The number of anilines is 1. The quantitative estimate of drug-likeness (QED) is 0.728. The Balaban J connectivity index is 1.40. The molecule has 0 aromatic heterocycles. The minimum Gasteiger partial charge on any atom is -0.385 e. The zero-order valence-electron chi connectivity index (χ0n) is 19.6. The molecule has 2 heterocycles. The molecule has 4 heteroatoms. The van der Waals surface area contributed by atoms with Gasteiger partial charge < -0.3 is 10.2 Å². The number of para-hydroxylation sites is 1. The molecule has 2 aliphatic heterocycles. The lowest BCUT2D eigenvalue weighted by Gasteiger charge is -2.34. The summed E-state index contributed by atoms with van der Waals surface area (Å²) in [4.78, 5) is 18.9. The van der Waals surface area contributed by atoms with E-state index < -0.39 is 0 Å². The first-order valence-electron chi connectivity index (χ1n) is 13.0. The lowest BCUT2D eigenvalue weighted by atomic mass is 10.0. The third-order valence-electron chi connectivity index (χ3n) is 8.59. The maximum absolute atomic E-state index is 13.8. The summed E-state index contributed by atoms with van der Waals surface area (Å²) in [5.74, 6) is 2.86. The van der Waals surface area contributed by atoms with Gasteiger partial charge in [-0.25, -0.2) is 0 Å². The van der Waals surface area contributed by atoms with Crippen LogP contribution in [-0.2, 0) is 11.3 Å². The predicted molar refractivity (Wildman–Crippen MR) is 127 cm³/mol. The summed E-state index contributed by atoms with van der Waals surface area (Å²) < 4.78 is 0. The Morgan fingerprint density at radius 2 is 1.77 bits per heavy atom. The van der Waals surface area contributed by atoms with Gasteiger partial charge in [0, 0.05) is 43.3 Å². The van der Waals surface area contributed by atoms with E-state index in [1.165, 1.54) is 69.2 Å². The van der Waals surface area contributed by atoms with E-state index in [1.807, 2.05) is 0 Å². The van der Waals surface area contributed by atoms with Crippen LogP contribution >= 0.6 is 0 Å². The molecular formula is C27H41N3O. The number of benzene rings is 1. The van der Waals surface area contributed by atoms with Crippen LogP contribution in [0.1, 0.15) is 70.8 Å². The van der Waals surface area contributed by atoms with Crippen LogP contribution in [0.15, 0.2) is 24.3 Å². The predicted octanol–water partition coefficient (Wildman–Crippen LogP) is 5.15. The zero-order valence-corrected chi connectivity index (χ0v) is 19.6. The highest BCUT2D eigenvalue weighted by Gasteiger charge is 2.56. The number of nitrogens with one attached hydrogen (secondary N) is 1. The molecule has 2 unspecified atom stereocenters. The van der Waals surface area contributed by atoms with Crippen molar-refractivity contribution < 1.29 is 4.79 Å². The SMILES string of the molecule is CC(C)CCN1[C@H]2CCNc3ccccc3CN(C(=O)C3C4CCCCC43)C[C@@H]1CC2. The first kappa shape index (κ1) is 21.3. The van der Waals surface area contributed by atoms with Crippen LogP contribution in [0.4, 0.5) is 5.69 Å². The second-order valence-corrected chi connectivity index (χ2v) is 11.0. The Morgan fingerprint density at radius 3 is 2.55 bits per heavy atom. The first-order chi connectivity index (χ1) is 15.1.